The molecule has 0 bridgehead atoms. The Balaban J connectivity index is -0.00000000500. The molecule has 0 N–H and O–H groups in total. The molecule has 0 aromatic carbocycles. The third kappa shape index (κ3) is 8.83. The first-order valence-corrected chi connectivity index (χ1v) is 1.49. The normalized spacial score (nSPS) is 0.750. The summed E-state index contributed by atoms with van der Waals surface area (Å²) in [5.74, 6) is 0. The molecular weight excluding hydrogens is 400 g/mol. The van der Waals surface area contributed by atoms with Gasteiger partial charge in [-0.25, -0.2) is 0 Å². The van der Waals surface area contributed by atoms with Gasteiger partial charge in [0.25, 0.3) is 0 Å². The standard InChI is InChI=1S/Ba.O.Ta.Zn.2H. The van der Waals surface area contributed by atoms with Crippen LogP contribution in [0.15, 0.2) is 0 Å². The van der Waals surface area contributed by atoms with Crippen molar-refractivity contribution in [2.24, 2.45) is 0 Å². The van der Waals surface area contributed by atoms with Crippen LogP contribution in [-0.4, -0.2) is 48.9 Å². The van der Waals surface area contributed by atoms with Crippen molar-refractivity contribution in [1.82, 2.24) is 0 Å². The summed E-state index contributed by atoms with van der Waals surface area (Å²) in [7, 11) is 0. The molecule has 0 atom stereocenters. The predicted octanol–water partition coefficient (Wildman–Crippen LogP) is -1.04. The molecule has 4 heteroatoms. The second-order valence-electron chi connectivity index (χ2n) is 0. The van der Waals surface area contributed by atoms with Gasteiger partial charge in [-0.2, -0.15) is 0 Å². The molecule has 0 unspecified atom stereocenters. The van der Waals surface area contributed by atoms with E-state index in [-0.39, 0.29) is 89.4 Å². The van der Waals surface area contributed by atoms with Crippen molar-refractivity contribution in [3.05, 3.63) is 0 Å². The minimum atomic E-state index is 0. The van der Waals surface area contributed by atoms with Crippen LogP contribution < -0.4 is 0 Å². The van der Waals surface area contributed by atoms with Gasteiger partial charge in [-0.05, 0) is 0 Å². The molecule has 0 aliphatic rings. The van der Waals surface area contributed by atoms with E-state index in [1.807, 2.05) is 0 Å². The fourth-order valence-corrected chi connectivity index (χ4v) is 0. The molecule has 1 nitrogen and oxygen atoms in total. The van der Waals surface area contributed by atoms with E-state index in [1.165, 1.54) is 0 Å². The second-order valence-corrected chi connectivity index (χ2v) is 0. The second kappa shape index (κ2) is 17.2. The fourth-order valence-electron chi connectivity index (χ4n) is 0. The summed E-state index contributed by atoms with van der Waals surface area (Å²) in [5, 5.41) is 0. The summed E-state index contributed by atoms with van der Waals surface area (Å²) < 4.78 is 8.36. The molecule has 0 aliphatic heterocycles. The van der Waals surface area contributed by atoms with E-state index in [0.717, 1.165) is 0 Å². The largest absolute Gasteiger partial charge is 0 e. The van der Waals surface area contributed by atoms with E-state index in [0.29, 0.717) is 0 Å². The summed E-state index contributed by atoms with van der Waals surface area (Å²) in [6.45, 7) is 0. The van der Waals surface area contributed by atoms with Crippen molar-refractivity contribution in [1.29, 1.82) is 0 Å². The summed E-state index contributed by atoms with van der Waals surface area (Å²) in [6, 6.07) is 0. The Labute approximate surface area is 90.4 Å². The van der Waals surface area contributed by atoms with Crippen LogP contribution in [0.4, 0.5) is 0 Å². The first-order valence-electron chi connectivity index (χ1n) is 0.183. The first kappa shape index (κ1) is 15.9. The van der Waals surface area contributed by atoms with E-state index >= 15 is 0 Å². The molecular formula is H2BaOTaZn. The molecule has 0 saturated heterocycles. The van der Waals surface area contributed by atoms with Gasteiger partial charge < -0.3 is 0 Å². The van der Waals surface area contributed by atoms with Crippen molar-refractivity contribution in [3.63, 3.8) is 0 Å². The van der Waals surface area contributed by atoms with Crippen LogP contribution in [0.25, 0.3) is 0 Å². The molecule has 0 heterocycles. The third-order valence-corrected chi connectivity index (χ3v) is 0. The van der Waals surface area contributed by atoms with E-state index in [1.54, 1.807) is 0 Å². The van der Waals surface area contributed by atoms with Crippen molar-refractivity contribution in [2.45, 2.75) is 0 Å². The summed E-state index contributed by atoms with van der Waals surface area (Å²) in [5.41, 5.74) is 0. The van der Waals surface area contributed by atoms with Crippen LogP contribution >= 0.6 is 0 Å². The van der Waals surface area contributed by atoms with Crippen LogP contribution in [0.5, 0.6) is 0 Å². The average molecular weight is 402 g/mol. The number of hydrogen-bond donors (Lipinski definition) is 0. The van der Waals surface area contributed by atoms with Gasteiger partial charge in [0.2, 0.25) is 0 Å². The van der Waals surface area contributed by atoms with E-state index in [9.17, 15) is 0 Å². The zero-order valence-electron chi connectivity index (χ0n) is 1.56. The minimum Gasteiger partial charge on any atom is 0 e. The molecule has 0 rings (SSSR count). The van der Waals surface area contributed by atoms with Crippen LogP contribution in [0, 0.1) is 0 Å². The Kier molecular flexibility index (Phi) is 68.2. The summed E-state index contributed by atoms with van der Waals surface area (Å²) in [4.78, 5) is 0. The smallest absolute Gasteiger partial charge is 0 e. The van der Waals surface area contributed by atoms with Gasteiger partial charge in [-0.15, -0.1) is 0 Å². The van der Waals surface area contributed by atoms with Gasteiger partial charge in [0.05, 0.1) is 0 Å². The van der Waals surface area contributed by atoms with Crippen LogP contribution in [-0.2, 0) is 43.8 Å². The SMILES string of the molecule is [BaH2].[O]=[Ta].[Zn]. The van der Waals surface area contributed by atoms with Crippen molar-refractivity contribution >= 4 is 48.9 Å². The fraction of sp³-hybridized carbons (Fsp3) is 0. The van der Waals surface area contributed by atoms with Gasteiger partial charge in [-0.1, -0.05) is 0 Å². The maximum Gasteiger partial charge on any atom is 0 e. The van der Waals surface area contributed by atoms with E-state index in [2.05, 4.69) is 0 Å². The molecule has 17 valence electrons. The predicted molar refractivity (Wildman–Crippen MR) is 9.23 cm³/mol. The van der Waals surface area contributed by atoms with Crippen molar-refractivity contribution < 1.29 is 43.8 Å². The number of hydrogen-bond acceptors (Lipinski definition) is 1. The summed E-state index contributed by atoms with van der Waals surface area (Å²) in [6.07, 6.45) is 0. The van der Waals surface area contributed by atoms with Gasteiger partial charge in [0.1, 0.15) is 0 Å². The monoisotopic (exact) mass is 401 g/mol. The maximum absolute atomic E-state index is 8.36. The minimum absolute atomic E-state index is 0. The molecule has 0 fully saturated rings. The van der Waals surface area contributed by atoms with Gasteiger partial charge in [0.15, 0.2) is 0 Å². The average Bonchev–Trinajstić information content (AvgIpc) is 1.00. The Hall–Kier alpha value is 2.74. The van der Waals surface area contributed by atoms with Crippen LogP contribution in [0.1, 0.15) is 0 Å². The molecule has 0 saturated carbocycles. The zero-order valence-corrected chi connectivity index (χ0v) is 7.74. The molecule has 0 aromatic rings. The number of rotatable bonds is 0. The summed E-state index contributed by atoms with van der Waals surface area (Å²) >= 11 is 0.194. The van der Waals surface area contributed by atoms with Crippen molar-refractivity contribution in [2.75, 3.05) is 0 Å². The van der Waals surface area contributed by atoms with Gasteiger partial charge >= 0.3 is 73.2 Å². The first-order chi connectivity index (χ1) is 1.00. The molecule has 0 radical (unpaired) electrons. The van der Waals surface area contributed by atoms with Crippen LogP contribution in [0.3, 0.4) is 0 Å². The molecule has 0 amide bonds. The molecule has 0 spiro atoms. The molecule has 0 aliphatic carbocycles. The molecule has 0 aromatic heterocycles. The van der Waals surface area contributed by atoms with Crippen molar-refractivity contribution in [3.8, 4) is 0 Å². The van der Waals surface area contributed by atoms with E-state index in [4.69, 9.17) is 3.25 Å². The Morgan fingerprint density at radius 1 is 1.25 bits per heavy atom. The zero-order chi connectivity index (χ0) is 2.00. The molecule has 4 heavy (non-hydrogen) atoms. The topological polar surface area (TPSA) is 17.1 Å². The Bertz CT molecular complexity index is 8.00. The third-order valence-electron chi connectivity index (χ3n) is 0. The Morgan fingerprint density at radius 3 is 1.25 bits per heavy atom. The van der Waals surface area contributed by atoms with Crippen LogP contribution in [0.2, 0.25) is 0 Å². The maximum atomic E-state index is 8.36. The van der Waals surface area contributed by atoms with Gasteiger partial charge in [0, 0.05) is 19.5 Å². The van der Waals surface area contributed by atoms with Gasteiger partial charge in [-0.3, -0.25) is 0 Å². The van der Waals surface area contributed by atoms with E-state index < -0.39 is 0 Å². The Morgan fingerprint density at radius 2 is 1.25 bits per heavy atom. The quantitative estimate of drug-likeness (QED) is 0.474.